The van der Waals surface area contributed by atoms with Crippen LogP contribution < -0.4 is 19.5 Å². The van der Waals surface area contributed by atoms with Crippen molar-refractivity contribution in [2.75, 3.05) is 12.4 Å². The Morgan fingerprint density at radius 3 is 2.32 bits per heavy atom. The van der Waals surface area contributed by atoms with E-state index in [0.717, 1.165) is 10.0 Å². The van der Waals surface area contributed by atoms with Gasteiger partial charge in [-0.3, -0.25) is 4.79 Å². The lowest BCUT2D eigenvalue weighted by atomic mass is 10.1. The Hall–Kier alpha value is -3.67. The molecule has 0 heterocycles. The molecule has 0 fully saturated rings. The van der Waals surface area contributed by atoms with E-state index in [1.165, 1.54) is 13.2 Å². The highest BCUT2D eigenvalue weighted by Gasteiger charge is 2.15. The van der Waals surface area contributed by atoms with Crippen molar-refractivity contribution < 1.29 is 19.0 Å². The highest BCUT2D eigenvalue weighted by molar-refractivity contribution is 9.10. The van der Waals surface area contributed by atoms with Crippen molar-refractivity contribution >= 4 is 68.4 Å². The molecule has 4 aromatic rings. The van der Waals surface area contributed by atoms with Crippen molar-refractivity contribution in [1.82, 2.24) is 0 Å². The molecule has 4 aromatic carbocycles. The highest BCUT2D eigenvalue weighted by atomic mass is 79.9. The number of carbonyl (C=O) groups excluding carboxylic acids is 1. The Balaban J connectivity index is 1.42. The van der Waals surface area contributed by atoms with Gasteiger partial charge in [0.1, 0.15) is 30.6 Å². The van der Waals surface area contributed by atoms with Gasteiger partial charge in [-0.25, -0.2) is 0 Å². The molecular formula is C31H22BrCl3N2O4. The summed E-state index contributed by atoms with van der Waals surface area (Å²) in [6, 6.07) is 24.9. The number of amides is 1. The molecule has 0 atom stereocenters. The molecule has 0 spiro atoms. The van der Waals surface area contributed by atoms with Gasteiger partial charge in [0, 0.05) is 25.8 Å². The van der Waals surface area contributed by atoms with Crippen LogP contribution in [0, 0.1) is 11.3 Å². The zero-order chi connectivity index (χ0) is 29.4. The van der Waals surface area contributed by atoms with Crippen LogP contribution in [0.2, 0.25) is 15.1 Å². The number of nitrogens with one attached hydrogen (secondary N) is 1. The van der Waals surface area contributed by atoms with Crippen LogP contribution in [-0.4, -0.2) is 13.0 Å². The van der Waals surface area contributed by atoms with Gasteiger partial charge in [-0.15, -0.1) is 0 Å². The van der Waals surface area contributed by atoms with E-state index < -0.39 is 5.91 Å². The molecular weight excluding hydrogens is 651 g/mol. The Labute approximate surface area is 261 Å². The van der Waals surface area contributed by atoms with Crippen molar-refractivity contribution in [2.24, 2.45) is 0 Å². The number of methoxy groups -OCH3 is 1. The topological polar surface area (TPSA) is 80.6 Å². The number of benzene rings is 4. The number of ether oxygens (including phenoxy) is 3. The first-order chi connectivity index (χ1) is 19.7. The average molecular weight is 673 g/mol. The maximum absolute atomic E-state index is 12.8. The normalized spacial score (nSPS) is 11.0. The second kappa shape index (κ2) is 14.3. The fourth-order valence-electron chi connectivity index (χ4n) is 3.65. The van der Waals surface area contributed by atoms with Gasteiger partial charge < -0.3 is 19.5 Å². The van der Waals surface area contributed by atoms with Gasteiger partial charge in [0.15, 0.2) is 11.5 Å². The third kappa shape index (κ3) is 8.42. The number of carbonyl (C=O) groups is 1. The van der Waals surface area contributed by atoms with E-state index in [-0.39, 0.29) is 17.2 Å². The summed E-state index contributed by atoms with van der Waals surface area (Å²) in [6.45, 7) is 0.534. The van der Waals surface area contributed by atoms with Crippen molar-refractivity contribution in [3.63, 3.8) is 0 Å². The molecule has 6 nitrogen and oxygen atoms in total. The van der Waals surface area contributed by atoms with Crippen LogP contribution in [-0.2, 0) is 18.0 Å². The van der Waals surface area contributed by atoms with Gasteiger partial charge in [-0.2, -0.15) is 5.26 Å². The van der Waals surface area contributed by atoms with E-state index in [4.69, 9.17) is 49.0 Å². The molecule has 0 radical (unpaired) electrons. The molecule has 0 aliphatic heterocycles. The molecule has 4 rings (SSSR count). The minimum atomic E-state index is -0.580. The predicted molar refractivity (Wildman–Crippen MR) is 166 cm³/mol. The summed E-state index contributed by atoms with van der Waals surface area (Å²) in [5.41, 5.74) is 2.60. The zero-order valence-electron chi connectivity index (χ0n) is 21.6. The smallest absolute Gasteiger partial charge is 0.266 e. The molecule has 41 heavy (non-hydrogen) atoms. The lowest BCUT2D eigenvalue weighted by Gasteiger charge is -2.14. The minimum Gasteiger partial charge on any atom is -0.493 e. The molecule has 0 aromatic heterocycles. The third-order valence-corrected chi connectivity index (χ3v) is 7.14. The summed E-state index contributed by atoms with van der Waals surface area (Å²) in [5, 5.41) is 13.6. The molecule has 0 saturated carbocycles. The van der Waals surface area contributed by atoms with Crippen LogP contribution in [0.3, 0.4) is 0 Å². The first kappa shape index (κ1) is 30.3. The number of anilines is 1. The summed E-state index contributed by atoms with van der Waals surface area (Å²) >= 11 is 22.1. The third-order valence-electron chi connectivity index (χ3n) is 5.75. The summed E-state index contributed by atoms with van der Waals surface area (Å²) < 4.78 is 18.1. The molecule has 0 unspecified atom stereocenters. The van der Waals surface area contributed by atoms with Crippen LogP contribution in [0.5, 0.6) is 17.2 Å². The largest absolute Gasteiger partial charge is 0.493 e. The molecule has 0 aliphatic carbocycles. The summed E-state index contributed by atoms with van der Waals surface area (Å²) in [5.74, 6) is 0.682. The van der Waals surface area contributed by atoms with E-state index in [1.807, 2.05) is 30.3 Å². The van der Waals surface area contributed by atoms with Gasteiger partial charge in [0.25, 0.3) is 5.91 Å². The van der Waals surface area contributed by atoms with Crippen LogP contribution in [0.4, 0.5) is 5.69 Å². The van der Waals surface area contributed by atoms with Crippen LogP contribution >= 0.6 is 50.7 Å². The minimum absolute atomic E-state index is 0.125. The SMILES string of the molecule is COc1cc(/C=C(\C#N)C(=O)Nc2ccc(OCc3ccc(Br)cc3)cc2)cc(Cl)c1OCc1ccc(Cl)cc1Cl. The van der Waals surface area contributed by atoms with E-state index in [9.17, 15) is 10.1 Å². The number of rotatable bonds is 10. The molecule has 1 amide bonds. The molecule has 10 heteroatoms. The van der Waals surface area contributed by atoms with Crippen LogP contribution in [0.1, 0.15) is 16.7 Å². The van der Waals surface area contributed by atoms with Crippen molar-refractivity contribution in [2.45, 2.75) is 13.2 Å². The second-order valence-corrected chi connectivity index (χ2v) is 10.8. The Kier molecular flexibility index (Phi) is 10.6. The number of hydrogen-bond donors (Lipinski definition) is 1. The Bertz CT molecular complexity index is 1620. The number of nitriles is 1. The van der Waals surface area contributed by atoms with Crippen molar-refractivity contribution in [3.8, 4) is 23.3 Å². The number of halogens is 4. The second-order valence-electron chi connectivity index (χ2n) is 8.62. The molecule has 0 bridgehead atoms. The Morgan fingerprint density at radius 1 is 0.927 bits per heavy atom. The van der Waals surface area contributed by atoms with Gasteiger partial charge in [-0.05, 0) is 77.9 Å². The zero-order valence-corrected chi connectivity index (χ0v) is 25.4. The summed E-state index contributed by atoms with van der Waals surface area (Å²) in [4.78, 5) is 12.8. The van der Waals surface area contributed by atoms with E-state index in [1.54, 1.807) is 54.6 Å². The quantitative estimate of drug-likeness (QED) is 0.134. The van der Waals surface area contributed by atoms with Gasteiger partial charge in [0.05, 0.1) is 12.1 Å². The van der Waals surface area contributed by atoms with E-state index in [0.29, 0.717) is 50.7 Å². The Morgan fingerprint density at radius 2 is 1.66 bits per heavy atom. The van der Waals surface area contributed by atoms with Crippen molar-refractivity contribution in [1.29, 1.82) is 5.26 Å². The number of nitrogens with zero attached hydrogens (tertiary/aromatic N) is 1. The monoisotopic (exact) mass is 670 g/mol. The summed E-state index contributed by atoms with van der Waals surface area (Å²) in [7, 11) is 1.46. The first-order valence-corrected chi connectivity index (χ1v) is 14.0. The van der Waals surface area contributed by atoms with Crippen LogP contribution in [0.25, 0.3) is 6.08 Å². The highest BCUT2D eigenvalue weighted by Crippen LogP contribution is 2.38. The summed E-state index contributed by atoms with van der Waals surface area (Å²) in [6.07, 6.45) is 1.42. The first-order valence-electron chi connectivity index (χ1n) is 12.1. The predicted octanol–water partition coefficient (Wildman–Crippen LogP) is 9.12. The lowest BCUT2D eigenvalue weighted by Crippen LogP contribution is -2.13. The van der Waals surface area contributed by atoms with Gasteiger partial charge in [-0.1, -0.05) is 68.9 Å². The fourth-order valence-corrected chi connectivity index (χ4v) is 4.65. The average Bonchev–Trinajstić information content (AvgIpc) is 2.96. The van der Waals surface area contributed by atoms with Crippen LogP contribution in [0.15, 0.2) is 88.9 Å². The lowest BCUT2D eigenvalue weighted by molar-refractivity contribution is -0.112. The van der Waals surface area contributed by atoms with Gasteiger partial charge >= 0.3 is 0 Å². The maximum atomic E-state index is 12.8. The standard InChI is InChI=1S/C31H22BrCl3N2O4/c1-39-29-14-20(13-28(35)30(29)41-18-21-4-7-24(33)15-27(21)34)12-22(16-36)31(38)37-25-8-10-26(11-9-25)40-17-19-2-5-23(32)6-3-19/h2-15H,17-18H2,1H3,(H,37,38)/b22-12+. The molecule has 1 N–H and O–H groups in total. The molecule has 0 aliphatic rings. The van der Waals surface area contributed by atoms with Gasteiger partial charge in [0.2, 0.25) is 0 Å². The van der Waals surface area contributed by atoms with Crippen molar-refractivity contribution in [3.05, 3.63) is 121 Å². The number of hydrogen-bond acceptors (Lipinski definition) is 5. The van der Waals surface area contributed by atoms with E-state index >= 15 is 0 Å². The van der Waals surface area contributed by atoms with E-state index in [2.05, 4.69) is 21.2 Å². The molecule has 0 saturated heterocycles. The fraction of sp³-hybridized carbons (Fsp3) is 0.0968. The molecule has 208 valence electrons. The maximum Gasteiger partial charge on any atom is 0.266 e.